The molecule has 0 radical (unpaired) electrons. The molecule has 0 aromatic heterocycles. The molecule has 2 aromatic carbocycles. The van der Waals surface area contributed by atoms with E-state index in [1.807, 2.05) is 0 Å². The molecule has 1 saturated heterocycles. The minimum atomic E-state index is -3.85. The zero-order chi connectivity index (χ0) is 23.3. The Labute approximate surface area is 196 Å². The van der Waals surface area contributed by atoms with Gasteiger partial charge in [-0.2, -0.15) is 0 Å². The van der Waals surface area contributed by atoms with Gasteiger partial charge in [0.1, 0.15) is 6.54 Å². The van der Waals surface area contributed by atoms with E-state index in [4.69, 9.17) is 27.9 Å². The van der Waals surface area contributed by atoms with Gasteiger partial charge in [0, 0.05) is 18.2 Å². The van der Waals surface area contributed by atoms with Gasteiger partial charge in [0.25, 0.3) is 5.91 Å². The average Bonchev–Trinajstić information content (AvgIpc) is 3.25. The fourth-order valence-corrected chi connectivity index (χ4v) is 4.57. The summed E-state index contributed by atoms with van der Waals surface area (Å²) in [5.41, 5.74) is 0.595. The van der Waals surface area contributed by atoms with Crippen LogP contribution in [0.3, 0.4) is 0 Å². The number of nitrogens with zero attached hydrogens (tertiary/aromatic N) is 1. The van der Waals surface area contributed by atoms with Gasteiger partial charge in [-0.1, -0.05) is 35.3 Å². The van der Waals surface area contributed by atoms with E-state index in [9.17, 15) is 18.0 Å². The number of para-hydroxylation sites is 1. The average molecular weight is 500 g/mol. The Morgan fingerprint density at radius 1 is 1.19 bits per heavy atom. The van der Waals surface area contributed by atoms with Crippen LogP contribution in [0.4, 0.5) is 11.4 Å². The van der Waals surface area contributed by atoms with E-state index in [0.717, 1.165) is 23.4 Å². The third-order valence-electron chi connectivity index (χ3n) is 4.82. The lowest BCUT2D eigenvalue weighted by atomic mass is 10.1. The Bertz CT molecular complexity index is 1100. The van der Waals surface area contributed by atoms with Crippen LogP contribution in [0.2, 0.25) is 10.0 Å². The summed E-state index contributed by atoms with van der Waals surface area (Å²) in [6, 6.07) is 10.8. The molecule has 2 amide bonds. The first-order valence-electron chi connectivity index (χ1n) is 9.86. The van der Waals surface area contributed by atoms with E-state index < -0.39 is 22.5 Å². The molecule has 0 bridgehead atoms. The Balaban J connectivity index is 1.74. The van der Waals surface area contributed by atoms with E-state index >= 15 is 0 Å². The van der Waals surface area contributed by atoms with E-state index in [2.05, 4.69) is 10.6 Å². The van der Waals surface area contributed by atoms with Crippen LogP contribution in [-0.4, -0.2) is 52.3 Å². The maximum absolute atomic E-state index is 12.7. The monoisotopic (exact) mass is 499 g/mol. The molecule has 172 valence electrons. The van der Waals surface area contributed by atoms with Gasteiger partial charge in [-0.25, -0.2) is 8.42 Å². The quantitative estimate of drug-likeness (QED) is 0.579. The minimum absolute atomic E-state index is 0.0218. The smallest absolute Gasteiger partial charge is 0.253 e. The molecular formula is C21H23Cl2N3O5S. The highest BCUT2D eigenvalue weighted by molar-refractivity contribution is 7.92. The molecule has 0 unspecified atom stereocenters. The standard InChI is InChI=1S/C21H23Cl2N3O5S/c1-32(29,30)26(19-11-14(22)8-9-17(19)23)13-20(27)25-18-7-3-2-6-16(18)21(28)24-12-15-5-4-10-31-15/h2-3,6-9,11,15H,4-5,10,12-13H2,1H3,(H,24,28)(H,25,27)/t15-/m0/s1. The molecule has 0 aliphatic carbocycles. The second-order valence-corrected chi connectivity index (χ2v) is 10.1. The van der Waals surface area contributed by atoms with Crippen molar-refractivity contribution in [3.05, 3.63) is 58.1 Å². The number of carbonyl (C=O) groups is 2. The molecule has 11 heteroatoms. The molecule has 1 heterocycles. The van der Waals surface area contributed by atoms with E-state index in [1.165, 1.54) is 18.2 Å². The molecule has 1 atom stereocenters. The van der Waals surface area contributed by atoms with Crippen molar-refractivity contribution >= 4 is 56.4 Å². The Kier molecular flexibility index (Phi) is 8.00. The van der Waals surface area contributed by atoms with Gasteiger partial charge in [0.15, 0.2) is 0 Å². The summed E-state index contributed by atoms with van der Waals surface area (Å²) in [6.07, 6.45) is 2.78. The Hall–Kier alpha value is -2.33. The maximum atomic E-state index is 12.7. The van der Waals surface area contributed by atoms with Crippen molar-refractivity contribution in [2.45, 2.75) is 18.9 Å². The summed E-state index contributed by atoms with van der Waals surface area (Å²) >= 11 is 12.1. The van der Waals surface area contributed by atoms with Gasteiger partial charge < -0.3 is 15.4 Å². The maximum Gasteiger partial charge on any atom is 0.253 e. The Morgan fingerprint density at radius 2 is 1.94 bits per heavy atom. The number of benzene rings is 2. The summed E-state index contributed by atoms with van der Waals surface area (Å²) in [5.74, 6) is -1.01. The van der Waals surface area contributed by atoms with Gasteiger partial charge >= 0.3 is 0 Å². The van der Waals surface area contributed by atoms with Crippen LogP contribution >= 0.6 is 23.2 Å². The van der Waals surface area contributed by atoms with Crippen molar-refractivity contribution in [2.24, 2.45) is 0 Å². The van der Waals surface area contributed by atoms with Crippen molar-refractivity contribution in [1.82, 2.24) is 5.32 Å². The molecule has 0 spiro atoms. The van der Waals surface area contributed by atoms with Crippen LogP contribution < -0.4 is 14.9 Å². The first-order valence-corrected chi connectivity index (χ1v) is 12.5. The zero-order valence-corrected chi connectivity index (χ0v) is 19.6. The summed E-state index contributed by atoms with van der Waals surface area (Å²) in [5, 5.41) is 5.81. The normalized spacial score (nSPS) is 15.9. The van der Waals surface area contributed by atoms with Crippen molar-refractivity contribution < 1.29 is 22.7 Å². The number of rotatable bonds is 8. The van der Waals surface area contributed by atoms with Crippen molar-refractivity contribution in [3.63, 3.8) is 0 Å². The number of halogens is 2. The van der Waals surface area contributed by atoms with Crippen LogP contribution in [0.5, 0.6) is 0 Å². The number of hydrogen-bond acceptors (Lipinski definition) is 5. The second-order valence-electron chi connectivity index (χ2n) is 7.30. The summed E-state index contributed by atoms with van der Waals surface area (Å²) < 4.78 is 31.0. The lowest BCUT2D eigenvalue weighted by molar-refractivity contribution is -0.114. The van der Waals surface area contributed by atoms with E-state index in [-0.39, 0.29) is 39.0 Å². The predicted octanol–water partition coefficient (Wildman–Crippen LogP) is 3.31. The van der Waals surface area contributed by atoms with Gasteiger partial charge in [-0.05, 0) is 43.2 Å². The number of amides is 2. The molecular weight excluding hydrogens is 477 g/mol. The highest BCUT2D eigenvalue weighted by Crippen LogP contribution is 2.30. The van der Waals surface area contributed by atoms with Crippen molar-refractivity contribution in [2.75, 3.05) is 35.6 Å². The second kappa shape index (κ2) is 10.5. The van der Waals surface area contributed by atoms with Crippen LogP contribution in [0.25, 0.3) is 0 Å². The van der Waals surface area contributed by atoms with Gasteiger partial charge in [0.05, 0.1) is 34.3 Å². The van der Waals surface area contributed by atoms with Gasteiger partial charge in [0.2, 0.25) is 15.9 Å². The molecule has 1 fully saturated rings. The number of nitrogens with one attached hydrogen (secondary N) is 2. The molecule has 1 aliphatic rings. The predicted molar refractivity (Wildman–Crippen MR) is 125 cm³/mol. The third kappa shape index (κ3) is 6.35. The van der Waals surface area contributed by atoms with Crippen LogP contribution in [-0.2, 0) is 19.6 Å². The van der Waals surface area contributed by atoms with Crippen LogP contribution in [0.15, 0.2) is 42.5 Å². The number of ether oxygens (including phenoxy) is 1. The van der Waals surface area contributed by atoms with E-state index in [0.29, 0.717) is 13.2 Å². The molecule has 2 aromatic rings. The molecule has 32 heavy (non-hydrogen) atoms. The van der Waals surface area contributed by atoms with Crippen LogP contribution in [0.1, 0.15) is 23.2 Å². The molecule has 8 nitrogen and oxygen atoms in total. The molecule has 3 rings (SSSR count). The third-order valence-corrected chi connectivity index (χ3v) is 6.51. The van der Waals surface area contributed by atoms with Gasteiger partial charge in [-0.3, -0.25) is 13.9 Å². The Morgan fingerprint density at radius 3 is 2.62 bits per heavy atom. The summed E-state index contributed by atoms with van der Waals surface area (Å²) in [6.45, 7) is 0.502. The number of carbonyl (C=O) groups excluding carboxylic acids is 2. The number of sulfonamides is 1. The number of hydrogen-bond donors (Lipinski definition) is 2. The first kappa shape index (κ1) is 24.3. The fourth-order valence-electron chi connectivity index (χ4n) is 3.28. The summed E-state index contributed by atoms with van der Waals surface area (Å²) in [4.78, 5) is 25.4. The zero-order valence-electron chi connectivity index (χ0n) is 17.3. The minimum Gasteiger partial charge on any atom is -0.376 e. The lowest BCUT2D eigenvalue weighted by Crippen LogP contribution is -2.38. The highest BCUT2D eigenvalue weighted by atomic mass is 35.5. The first-order chi connectivity index (χ1) is 15.1. The molecule has 2 N–H and O–H groups in total. The topological polar surface area (TPSA) is 105 Å². The highest BCUT2D eigenvalue weighted by Gasteiger charge is 2.24. The van der Waals surface area contributed by atoms with Gasteiger partial charge in [-0.15, -0.1) is 0 Å². The molecule has 0 saturated carbocycles. The fraction of sp³-hybridized carbons (Fsp3) is 0.333. The van der Waals surface area contributed by atoms with Crippen LogP contribution in [0, 0.1) is 0 Å². The van der Waals surface area contributed by atoms with Crippen molar-refractivity contribution in [3.8, 4) is 0 Å². The number of anilines is 2. The van der Waals surface area contributed by atoms with Crippen molar-refractivity contribution in [1.29, 1.82) is 0 Å². The molecule has 1 aliphatic heterocycles. The largest absolute Gasteiger partial charge is 0.376 e. The lowest BCUT2D eigenvalue weighted by Gasteiger charge is -2.23. The summed E-state index contributed by atoms with van der Waals surface area (Å²) in [7, 11) is -3.85. The SMILES string of the molecule is CS(=O)(=O)N(CC(=O)Nc1ccccc1C(=O)NC[C@@H]1CCCO1)c1cc(Cl)ccc1Cl. The van der Waals surface area contributed by atoms with E-state index in [1.54, 1.807) is 24.3 Å².